The highest BCUT2D eigenvalue weighted by molar-refractivity contribution is 6.28. The molecule has 0 unspecified atom stereocenters. The molecule has 0 aliphatic heterocycles. The molecular formula is C21H26ClN5O4. The maximum absolute atomic E-state index is 12.7. The van der Waals surface area contributed by atoms with Crippen LogP contribution in [-0.4, -0.2) is 51.9 Å². The largest absolute Gasteiger partial charge is 0.444 e. The number of ether oxygens (including phenoxy) is 1. The van der Waals surface area contributed by atoms with Crippen LogP contribution >= 0.6 is 11.6 Å². The van der Waals surface area contributed by atoms with E-state index in [1.165, 1.54) is 6.20 Å². The Hall–Kier alpha value is -2.91. The van der Waals surface area contributed by atoms with E-state index in [2.05, 4.69) is 25.9 Å². The summed E-state index contributed by atoms with van der Waals surface area (Å²) in [5.41, 5.74) is 1.56. The maximum atomic E-state index is 12.7. The quantitative estimate of drug-likeness (QED) is 0.396. The molecule has 10 heteroatoms. The van der Waals surface area contributed by atoms with Gasteiger partial charge in [-0.3, -0.25) is 4.79 Å². The van der Waals surface area contributed by atoms with Gasteiger partial charge < -0.3 is 25.8 Å². The molecule has 0 saturated heterocycles. The number of aliphatic hydroxyl groups is 1. The first-order valence-corrected chi connectivity index (χ1v) is 10.3. The van der Waals surface area contributed by atoms with Crippen LogP contribution in [0, 0.1) is 0 Å². The van der Waals surface area contributed by atoms with Crippen molar-refractivity contribution in [2.45, 2.75) is 44.9 Å². The van der Waals surface area contributed by atoms with Gasteiger partial charge in [0.2, 0.25) is 5.28 Å². The van der Waals surface area contributed by atoms with Crippen molar-refractivity contribution in [1.29, 1.82) is 0 Å². The van der Waals surface area contributed by atoms with Crippen LogP contribution in [0.1, 0.15) is 48.3 Å². The number of hydrogen-bond donors (Lipinski definition) is 4. The number of amides is 2. The molecule has 1 aromatic carbocycles. The van der Waals surface area contributed by atoms with Gasteiger partial charge in [-0.15, -0.1) is 0 Å². The number of carbonyl (C=O) groups excluding carboxylic acids is 2. The van der Waals surface area contributed by atoms with Crippen molar-refractivity contribution in [3.05, 3.63) is 52.4 Å². The summed E-state index contributed by atoms with van der Waals surface area (Å²) in [4.78, 5) is 32.4. The van der Waals surface area contributed by atoms with E-state index in [0.717, 1.165) is 11.1 Å². The average Bonchev–Trinajstić information content (AvgIpc) is 2.99. The number of benzene rings is 1. The Morgan fingerprint density at radius 2 is 1.94 bits per heavy atom. The molecule has 1 heterocycles. The summed E-state index contributed by atoms with van der Waals surface area (Å²) in [5, 5.41) is 18.9. The average molecular weight is 448 g/mol. The molecule has 1 aliphatic rings. The van der Waals surface area contributed by atoms with Crippen molar-refractivity contribution in [2.75, 3.05) is 18.4 Å². The number of rotatable bonds is 6. The van der Waals surface area contributed by atoms with E-state index < -0.39 is 29.7 Å². The molecule has 2 aromatic rings. The zero-order valence-electron chi connectivity index (χ0n) is 17.6. The van der Waals surface area contributed by atoms with Crippen LogP contribution in [0.4, 0.5) is 10.6 Å². The fraction of sp³-hybridized carbons (Fsp3) is 0.429. The number of aliphatic hydroxyl groups excluding tert-OH is 1. The molecule has 31 heavy (non-hydrogen) atoms. The van der Waals surface area contributed by atoms with Gasteiger partial charge in [-0.25, -0.2) is 9.78 Å². The fourth-order valence-corrected chi connectivity index (χ4v) is 3.41. The Morgan fingerprint density at radius 1 is 1.23 bits per heavy atom. The predicted octanol–water partition coefficient (Wildman–Crippen LogP) is 2.45. The molecule has 0 saturated carbocycles. The van der Waals surface area contributed by atoms with E-state index in [9.17, 15) is 14.7 Å². The van der Waals surface area contributed by atoms with Gasteiger partial charge in [-0.1, -0.05) is 24.3 Å². The van der Waals surface area contributed by atoms with Gasteiger partial charge >= 0.3 is 6.09 Å². The van der Waals surface area contributed by atoms with Crippen LogP contribution in [-0.2, 0) is 11.2 Å². The highest BCUT2D eigenvalue weighted by atomic mass is 35.5. The number of hydrogen-bond acceptors (Lipinski definition) is 7. The Kier molecular flexibility index (Phi) is 6.97. The summed E-state index contributed by atoms with van der Waals surface area (Å²) in [6, 6.07) is 7.26. The monoisotopic (exact) mass is 447 g/mol. The molecular weight excluding hydrogens is 422 g/mol. The molecule has 166 valence electrons. The third-order valence-corrected chi connectivity index (χ3v) is 4.76. The Morgan fingerprint density at radius 3 is 2.68 bits per heavy atom. The minimum absolute atomic E-state index is 0.0218. The Balaban J connectivity index is 1.63. The van der Waals surface area contributed by atoms with Crippen LogP contribution in [0.15, 0.2) is 30.5 Å². The highest BCUT2D eigenvalue weighted by Crippen LogP contribution is 2.34. The lowest BCUT2D eigenvalue weighted by molar-refractivity contribution is 0.0526. The van der Waals surface area contributed by atoms with Gasteiger partial charge in [0, 0.05) is 25.7 Å². The maximum Gasteiger partial charge on any atom is 0.407 e. The lowest BCUT2D eigenvalue weighted by Gasteiger charge is -2.20. The Labute approximate surface area is 185 Å². The van der Waals surface area contributed by atoms with E-state index in [4.69, 9.17) is 16.3 Å². The zero-order valence-corrected chi connectivity index (χ0v) is 18.4. The van der Waals surface area contributed by atoms with Crippen molar-refractivity contribution < 1.29 is 19.4 Å². The first-order valence-electron chi connectivity index (χ1n) is 9.94. The number of anilines is 1. The highest BCUT2D eigenvalue weighted by Gasteiger charge is 2.32. The lowest BCUT2D eigenvalue weighted by Crippen LogP contribution is -2.38. The molecule has 0 bridgehead atoms. The van der Waals surface area contributed by atoms with Crippen LogP contribution in [0.3, 0.4) is 0 Å². The SMILES string of the molecule is CC(C)(C)OC(=O)NCCNC(=O)c1cnc(Cl)nc1N[C@H]1c2ccccc2C[C@H]1O. The van der Waals surface area contributed by atoms with Crippen molar-refractivity contribution in [1.82, 2.24) is 20.6 Å². The number of aromatic nitrogens is 2. The van der Waals surface area contributed by atoms with E-state index in [0.29, 0.717) is 6.42 Å². The third kappa shape index (κ3) is 6.05. The predicted molar refractivity (Wildman–Crippen MR) is 116 cm³/mol. The van der Waals surface area contributed by atoms with Crippen LogP contribution < -0.4 is 16.0 Å². The third-order valence-electron chi connectivity index (χ3n) is 4.58. The van der Waals surface area contributed by atoms with Crippen LogP contribution in [0.2, 0.25) is 5.28 Å². The second kappa shape index (κ2) is 9.49. The second-order valence-corrected chi connectivity index (χ2v) is 8.52. The summed E-state index contributed by atoms with van der Waals surface area (Å²) in [6.45, 7) is 5.66. The molecule has 0 fully saturated rings. The smallest absolute Gasteiger partial charge is 0.407 e. The molecule has 0 spiro atoms. The summed E-state index contributed by atoms with van der Waals surface area (Å²) in [7, 11) is 0. The molecule has 2 amide bonds. The van der Waals surface area contributed by atoms with Gasteiger partial charge in [0.25, 0.3) is 5.91 Å². The van der Waals surface area contributed by atoms with Gasteiger partial charge in [0.1, 0.15) is 17.0 Å². The van der Waals surface area contributed by atoms with Gasteiger partial charge in [-0.05, 0) is 43.5 Å². The summed E-state index contributed by atoms with van der Waals surface area (Å²) in [5.74, 6) is -0.218. The lowest BCUT2D eigenvalue weighted by atomic mass is 10.1. The van der Waals surface area contributed by atoms with Crippen molar-refractivity contribution >= 4 is 29.4 Å². The number of fused-ring (bicyclic) bond motifs is 1. The number of nitrogens with zero attached hydrogens (tertiary/aromatic N) is 2. The van der Waals surface area contributed by atoms with E-state index >= 15 is 0 Å². The Bertz CT molecular complexity index is 963. The number of halogens is 1. The normalized spacial score (nSPS) is 17.6. The van der Waals surface area contributed by atoms with E-state index in [1.54, 1.807) is 20.8 Å². The molecule has 2 atom stereocenters. The summed E-state index contributed by atoms with van der Waals surface area (Å²) in [6.07, 6.45) is 0.597. The second-order valence-electron chi connectivity index (χ2n) is 8.18. The molecule has 1 aliphatic carbocycles. The molecule has 9 nitrogen and oxygen atoms in total. The molecule has 1 aromatic heterocycles. The number of alkyl carbamates (subject to hydrolysis) is 1. The summed E-state index contributed by atoms with van der Waals surface area (Å²) < 4.78 is 5.14. The van der Waals surface area contributed by atoms with Gasteiger partial charge in [0.05, 0.1) is 12.1 Å². The minimum atomic E-state index is -0.667. The standard InChI is InChI=1S/C21H26ClN5O4/c1-21(2,3)31-20(30)24-9-8-23-18(29)14-11-25-19(22)27-17(14)26-16-13-7-5-4-6-12(13)10-15(16)28/h4-7,11,15-16,28H,8-10H2,1-3H3,(H,23,29)(H,24,30)(H,25,26,27)/t15-,16+/m1/s1. The first kappa shape index (κ1) is 22.8. The van der Waals surface area contributed by atoms with E-state index in [1.807, 2.05) is 24.3 Å². The van der Waals surface area contributed by atoms with Crippen molar-refractivity contribution in [2.24, 2.45) is 0 Å². The number of carbonyl (C=O) groups is 2. The molecule has 4 N–H and O–H groups in total. The molecule has 0 radical (unpaired) electrons. The number of nitrogens with one attached hydrogen (secondary N) is 3. The van der Waals surface area contributed by atoms with Crippen molar-refractivity contribution in [3.8, 4) is 0 Å². The van der Waals surface area contributed by atoms with Crippen LogP contribution in [0.5, 0.6) is 0 Å². The zero-order chi connectivity index (χ0) is 22.6. The van der Waals surface area contributed by atoms with Crippen LogP contribution in [0.25, 0.3) is 0 Å². The molecule has 3 rings (SSSR count). The first-order chi connectivity index (χ1) is 14.6. The van der Waals surface area contributed by atoms with Gasteiger partial charge in [0.15, 0.2) is 0 Å². The van der Waals surface area contributed by atoms with Gasteiger partial charge in [-0.2, -0.15) is 4.98 Å². The van der Waals surface area contributed by atoms with E-state index in [-0.39, 0.29) is 29.8 Å². The minimum Gasteiger partial charge on any atom is -0.444 e. The fourth-order valence-electron chi connectivity index (χ4n) is 3.28. The topological polar surface area (TPSA) is 125 Å². The van der Waals surface area contributed by atoms with Crippen molar-refractivity contribution in [3.63, 3.8) is 0 Å². The summed E-state index contributed by atoms with van der Waals surface area (Å²) >= 11 is 5.94.